The van der Waals surface area contributed by atoms with Gasteiger partial charge in [0.25, 0.3) is 5.92 Å². The number of carbonyl (C=O) groups is 1. The van der Waals surface area contributed by atoms with Crippen LogP contribution < -0.4 is 5.32 Å². The molecule has 14 heavy (non-hydrogen) atoms. The second-order valence-corrected chi connectivity index (χ2v) is 4.15. The number of amides is 1. The molecule has 1 aromatic heterocycles. The standard InChI is InChI=1S/C9H9F2NOS/c10-9(11)3-7(9)8(13)12-4-6-1-2-14-5-6/h1-2,5,7H,3-4H2,(H,12,13). The molecule has 1 aliphatic carbocycles. The van der Waals surface area contributed by atoms with Crippen LogP contribution in [0.4, 0.5) is 8.78 Å². The highest BCUT2D eigenvalue weighted by atomic mass is 32.1. The van der Waals surface area contributed by atoms with E-state index in [0.29, 0.717) is 6.54 Å². The molecule has 1 atom stereocenters. The van der Waals surface area contributed by atoms with E-state index >= 15 is 0 Å². The number of halogens is 2. The average molecular weight is 217 g/mol. The van der Waals surface area contributed by atoms with Crippen molar-refractivity contribution in [2.24, 2.45) is 5.92 Å². The molecule has 0 aromatic carbocycles. The van der Waals surface area contributed by atoms with E-state index in [1.807, 2.05) is 16.8 Å². The molecule has 0 saturated heterocycles. The van der Waals surface area contributed by atoms with E-state index < -0.39 is 17.7 Å². The monoisotopic (exact) mass is 217 g/mol. The number of hydrogen-bond donors (Lipinski definition) is 1. The summed E-state index contributed by atoms with van der Waals surface area (Å²) in [4.78, 5) is 11.1. The zero-order valence-corrected chi connectivity index (χ0v) is 8.11. The molecule has 0 radical (unpaired) electrons. The highest BCUT2D eigenvalue weighted by Gasteiger charge is 2.61. The highest BCUT2D eigenvalue weighted by molar-refractivity contribution is 7.07. The Morgan fingerprint density at radius 3 is 2.93 bits per heavy atom. The lowest BCUT2D eigenvalue weighted by molar-refractivity contribution is -0.124. The van der Waals surface area contributed by atoms with Crippen LogP contribution in [0.1, 0.15) is 12.0 Å². The summed E-state index contributed by atoms with van der Waals surface area (Å²) in [5.41, 5.74) is 0.951. The molecule has 0 aliphatic heterocycles. The first-order valence-electron chi connectivity index (χ1n) is 4.26. The van der Waals surface area contributed by atoms with Crippen molar-refractivity contribution in [3.05, 3.63) is 22.4 Å². The third-order valence-electron chi connectivity index (χ3n) is 2.19. The van der Waals surface area contributed by atoms with Crippen molar-refractivity contribution in [3.8, 4) is 0 Å². The molecule has 2 nitrogen and oxygen atoms in total. The van der Waals surface area contributed by atoms with Crippen molar-refractivity contribution >= 4 is 17.2 Å². The van der Waals surface area contributed by atoms with E-state index in [-0.39, 0.29) is 6.42 Å². The molecule has 76 valence electrons. The third kappa shape index (κ3) is 1.92. The fourth-order valence-corrected chi connectivity index (χ4v) is 1.87. The van der Waals surface area contributed by atoms with Gasteiger partial charge in [-0.1, -0.05) is 0 Å². The predicted octanol–water partition coefficient (Wildman–Crippen LogP) is 2.02. The van der Waals surface area contributed by atoms with Gasteiger partial charge in [0.15, 0.2) is 0 Å². The van der Waals surface area contributed by atoms with Gasteiger partial charge in [-0.25, -0.2) is 8.78 Å². The number of nitrogens with one attached hydrogen (secondary N) is 1. The Morgan fingerprint density at radius 2 is 2.43 bits per heavy atom. The van der Waals surface area contributed by atoms with Crippen LogP contribution in [-0.4, -0.2) is 11.8 Å². The molecule has 1 saturated carbocycles. The van der Waals surface area contributed by atoms with Crippen LogP contribution in [0.2, 0.25) is 0 Å². The molecule has 2 rings (SSSR count). The lowest BCUT2D eigenvalue weighted by Crippen LogP contribution is -2.26. The second-order valence-electron chi connectivity index (χ2n) is 3.37. The van der Waals surface area contributed by atoms with Crippen LogP contribution in [-0.2, 0) is 11.3 Å². The molecule has 0 spiro atoms. The molecule has 5 heteroatoms. The maximum Gasteiger partial charge on any atom is 0.260 e. The van der Waals surface area contributed by atoms with Crippen molar-refractivity contribution in [2.45, 2.75) is 18.9 Å². The SMILES string of the molecule is O=C(NCc1ccsc1)C1CC1(F)F. The van der Waals surface area contributed by atoms with E-state index in [1.165, 1.54) is 11.3 Å². The molecule has 1 fully saturated rings. The summed E-state index contributed by atoms with van der Waals surface area (Å²) in [7, 11) is 0. The van der Waals surface area contributed by atoms with Crippen LogP contribution in [0.25, 0.3) is 0 Å². The van der Waals surface area contributed by atoms with Crippen molar-refractivity contribution in [2.75, 3.05) is 0 Å². The predicted molar refractivity (Wildman–Crippen MR) is 49.2 cm³/mol. The average Bonchev–Trinajstić information content (AvgIpc) is 2.61. The molecule has 1 aromatic rings. The van der Waals surface area contributed by atoms with E-state index in [9.17, 15) is 13.6 Å². The Bertz CT molecular complexity index is 337. The van der Waals surface area contributed by atoms with Gasteiger partial charge in [-0.05, 0) is 22.4 Å². The number of hydrogen-bond acceptors (Lipinski definition) is 2. The van der Waals surface area contributed by atoms with Crippen LogP contribution in [0, 0.1) is 5.92 Å². The van der Waals surface area contributed by atoms with E-state index in [4.69, 9.17) is 0 Å². The number of rotatable bonds is 3. The van der Waals surface area contributed by atoms with Crippen molar-refractivity contribution in [1.82, 2.24) is 5.32 Å². The van der Waals surface area contributed by atoms with Gasteiger partial charge in [-0.2, -0.15) is 11.3 Å². The largest absolute Gasteiger partial charge is 0.352 e. The first-order valence-corrected chi connectivity index (χ1v) is 5.20. The fraction of sp³-hybridized carbons (Fsp3) is 0.444. The molecule has 0 bridgehead atoms. The van der Waals surface area contributed by atoms with E-state index in [1.54, 1.807) is 0 Å². The zero-order chi connectivity index (χ0) is 10.2. The normalized spacial score (nSPS) is 23.1. The van der Waals surface area contributed by atoms with Crippen molar-refractivity contribution < 1.29 is 13.6 Å². The molecule has 1 amide bonds. The Morgan fingerprint density at radius 1 is 1.71 bits per heavy atom. The minimum Gasteiger partial charge on any atom is -0.352 e. The van der Waals surface area contributed by atoms with Gasteiger partial charge in [-0.15, -0.1) is 0 Å². The Hall–Kier alpha value is -0.970. The minimum atomic E-state index is -2.77. The van der Waals surface area contributed by atoms with Gasteiger partial charge in [0.2, 0.25) is 5.91 Å². The summed E-state index contributed by atoms with van der Waals surface area (Å²) in [5, 5.41) is 6.25. The van der Waals surface area contributed by atoms with E-state index in [2.05, 4.69) is 5.32 Å². The minimum absolute atomic E-state index is 0.303. The summed E-state index contributed by atoms with van der Waals surface area (Å²) < 4.78 is 24.9. The second kappa shape index (κ2) is 3.31. The topological polar surface area (TPSA) is 29.1 Å². The third-order valence-corrected chi connectivity index (χ3v) is 2.92. The summed E-state index contributed by atoms with van der Waals surface area (Å²) in [5.74, 6) is -4.40. The van der Waals surface area contributed by atoms with Crippen LogP contribution >= 0.6 is 11.3 Å². The molecule has 1 heterocycles. The summed E-state index contributed by atoms with van der Waals surface area (Å²) in [6.07, 6.45) is -0.303. The Labute approximate surface area is 83.9 Å². The lowest BCUT2D eigenvalue weighted by atomic mass is 10.3. The fourth-order valence-electron chi connectivity index (χ4n) is 1.20. The van der Waals surface area contributed by atoms with Crippen LogP contribution in [0.3, 0.4) is 0 Å². The van der Waals surface area contributed by atoms with E-state index in [0.717, 1.165) is 5.56 Å². The number of carbonyl (C=O) groups excluding carboxylic acids is 1. The first kappa shape index (κ1) is 9.58. The number of alkyl halides is 2. The summed E-state index contributed by atoms with van der Waals surface area (Å²) >= 11 is 1.52. The lowest BCUT2D eigenvalue weighted by Gasteiger charge is -2.01. The van der Waals surface area contributed by atoms with Crippen LogP contribution in [0.15, 0.2) is 16.8 Å². The molecular formula is C9H9F2NOS. The van der Waals surface area contributed by atoms with Gasteiger partial charge >= 0.3 is 0 Å². The summed E-state index contributed by atoms with van der Waals surface area (Å²) in [6.45, 7) is 0.342. The first-order chi connectivity index (χ1) is 6.59. The van der Waals surface area contributed by atoms with Crippen LogP contribution in [0.5, 0.6) is 0 Å². The van der Waals surface area contributed by atoms with Gasteiger partial charge in [-0.3, -0.25) is 4.79 Å². The van der Waals surface area contributed by atoms with Gasteiger partial charge in [0.05, 0.1) is 0 Å². The maximum absolute atomic E-state index is 12.5. The smallest absolute Gasteiger partial charge is 0.260 e. The molecular weight excluding hydrogens is 208 g/mol. The molecule has 1 N–H and O–H groups in total. The number of thiophene rings is 1. The molecule has 1 aliphatic rings. The summed E-state index contributed by atoms with van der Waals surface area (Å²) in [6, 6.07) is 1.86. The Balaban J connectivity index is 1.80. The molecule has 1 unspecified atom stereocenters. The van der Waals surface area contributed by atoms with Gasteiger partial charge in [0.1, 0.15) is 5.92 Å². The van der Waals surface area contributed by atoms with Gasteiger partial charge < -0.3 is 5.32 Å². The van der Waals surface area contributed by atoms with Gasteiger partial charge in [0, 0.05) is 13.0 Å². The maximum atomic E-state index is 12.5. The van der Waals surface area contributed by atoms with Crippen molar-refractivity contribution in [1.29, 1.82) is 0 Å². The van der Waals surface area contributed by atoms with Crippen molar-refractivity contribution in [3.63, 3.8) is 0 Å². The zero-order valence-electron chi connectivity index (χ0n) is 7.30. The Kier molecular flexibility index (Phi) is 2.26. The quantitative estimate of drug-likeness (QED) is 0.824. The highest BCUT2D eigenvalue weighted by Crippen LogP contribution is 2.48.